The predicted octanol–water partition coefficient (Wildman–Crippen LogP) is 5.91. The van der Waals surface area contributed by atoms with E-state index in [1.54, 1.807) is 0 Å². The number of hydrogen-bond donors (Lipinski definition) is 2. The van der Waals surface area contributed by atoms with Gasteiger partial charge in [-0.3, -0.25) is 4.79 Å². The van der Waals surface area contributed by atoms with Gasteiger partial charge in [-0.25, -0.2) is 0 Å². The molecule has 2 N–H and O–H groups in total. The van der Waals surface area contributed by atoms with Crippen molar-refractivity contribution in [1.29, 1.82) is 5.26 Å². The summed E-state index contributed by atoms with van der Waals surface area (Å²) in [6, 6.07) is 38.6. The minimum Gasteiger partial charge on any atom is -0.362 e. The molecule has 0 saturated carbocycles. The highest BCUT2D eigenvalue weighted by molar-refractivity contribution is 7.96. The molecule has 192 valence electrons. The first-order valence-electron chi connectivity index (χ1n) is 11.8. The van der Waals surface area contributed by atoms with E-state index in [-0.39, 0.29) is 5.29 Å². The number of anilines is 1. The maximum atomic E-state index is 14.1. The van der Waals surface area contributed by atoms with Gasteiger partial charge < -0.3 is 10.6 Å². The molecule has 0 aliphatic rings. The van der Waals surface area contributed by atoms with E-state index in [0.29, 0.717) is 5.69 Å². The molecule has 0 fully saturated rings. The summed E-state index contributed by atoms with van der Waals surface area (Å²) >= 11 is 18.9. The van der Waals surface area contributed by atoms with Crippen molar-refractivity contribution < 1.29 is 4.79 Å². The van der Waals surface area contributed by atoms with Gasteiger partial charge in [-0.2, -0.15) is 5.26 Å². The van der Waals surface area contributed by atoms with Gasteiger partial charge in [0, 0.05) is 12.6 Å². The van der Waals surface area contributed by atoms with Crippen molar-refractivity contribution in [2.45, 2.75) is 16.9 Å². The fraction of sp³-hybridized carbons (Fsp3) is 0.100. The third-order valence-corrected chi connectivity index (χ3v) is 10.9. The summed E-state index contributed by atoms with van der Waals surface area (Å²) in [7, 11) is 0. The first-order valence-corrected chi connectivity index (χ1v) is 14.7. The van der Waals surface area contributed by atoms with Crippen LogP contribution in [0.2, 0.25) is 0 Å². The van der Waals surface area contributed by atoms with Crippen molar-refractivity contribution in [1.82, 2.24) is 5.32 Å². The number of nitriles is 1. The number of hydrogen-bond acceptors (Lipinski definition) is 3. The molecule has 0 aliphatic carbocycles. The minimum atomic E-state index is -2.93. The number of alkyl halides is 3. The number of carbonyl (C=O) groups excluding carboxylic acids is 1. The maximum Gasteiger partial charge on any atom is 0.264 e. The number of aryl methyl sites for hydroxylation is 1. The Balaban J connectivity index is 1.95. The summed E-state index contributed by atoms with van der Waals surface area (Å²) in [6.07, 6.45) is -1.12. The predicted molar refractivity (Wildman–Crippen MR) is 163 cm³/mol. The second kappa shape index (κ2) is 12.1. The first kappa shape index (κ1) is 27.8. The smallest absolute Gasteiger partial charge is 0.264 e. The van der Waals surface area contributed by atoms with Gasteiger partial charge in [0.1, 0.15) is 17.5 Å². The molecule has 4 nitrogen and oxygen atoms in total. The van der Waals surface area contributed by atoms with Crippen LogP contribution >= 0.6 is 41.7 Å². The van der Waals surface area contributed by atoms with Crippen LogP contribution in [0, 0.1) is 18.3 Å². The Kier molecular flexibility index (Phi) is 8.87. The number of halogens is 3. The van der Waals surface area contributed by atoms with E-state index < -0.39 is 22.8 Å². The topological polar surface area (TPSA) is 64.9 Å². The quantitative estimate of drug-likeness (QED) is 0.162. The molecule has 0 bridgehead atoms. The summed E-state index contributed by atoms with van der Waals surface area (Å²) in [5.74, 6) is -0.617. The first-order chi connectivity index (χ1) is 18.3. The lowest BCUT2D eigenvalue weighted by molar-refractivity contribution is -0.115. The average Bonchev–Trinajstić information content (AvgIpc) is 2.93. The zero-order valence-corrected chi connectivity index (χ0v) is 23.6. The van der Waals surface area contributed by atoms with Crippen molar-refractivity contribution >= 4 is 74.5 Å². The van der Waals surface area contributed by atoms with Gasteiger partial charge in [-0.15, -0.1) is 0 Å². The van der Waals surface area contributed by atoms with E-state index in [1.165, 1.54) is 0 Å². The molecule has 0 aliphatic heterocycles. The number of nitrogens with one attached hydrogen (secondary N) is 2. The Bertz CT molecular complexity index is 1380. The highest BCUT2D eigenvalue weighted by Gasteiger charge is 2.38. The molecule has 1 amide bonds. The molecule has 0 spiro atoms. The lowest BCUT2D eigenvalue weighted by Crippen LogP contribution is -2.52. The summed E-state index contributed by atoms with van der Waals surface area (Å²) in [5, 5.41) is 19.1. The molecule has 0 saturated heterocycles. The standard InChI is InChI=1S/C30H25Cl3N3OP/c1-22-17-19-23(20-18-22)35-29(30(31,32)33)36-28(37)27(21-34)38(24-11-5-2-6-12-24,25-13-7-3-8-14-25)26-15-9-4-10-16-26/h2-20,29,35H,1H3,(H,36,37)/t29-/m0/s1. The summed E-state index contributed by atoms with van der Waals surface area (Å²) < 4.78 is -1.91. The number of amides is 1. The van der Waals surface area contributed by atoms with Gasteiger partial charge >= 0.3 is 0 Å². The van der Waals surface area contributed by atoms with E-state index in [9.17, 15) is 10.1 Å². The van der Waals surface area contributed by atoms with Gasteiger partial charge in [-0.05, 0) is 35.0 Å². The maximum absolute atomic E-state index is 14.1. The highest BCUT2D eigenvalue weighted by Crippen LogP contribution is 2.46. The lowest BCUT2D eigenvalue weighted by atomic mass is 10.2. The lowest BCUT2D eigenvalue weighted by Gasteiger charge is -2.32. The molecule has 4 rings (SSSR count). The van der Waals surface area contributed by atoms with Crippen molar-refractivity contribution in [3.8, 4) is 6.07 Å². The zero-order valence-electron chi connectivity index (χ0n) is 20.5. The average molecular weight is 581 g/mol. The minimum absolute atomic E-state index is 0.0473. The van der Waals surface area contributed by atoms with Gasteiger partial charge in [-0.1, -0.05) is 143 Å². The molecule has 38 heavy (non-hydrogen) atoms. The molecule has 4 aromatic carbocycles. The molecule has 0 heterocycles. The Morgan fingerprint density at radius 2 is 1.18 bits per heavy atom. The van der Waals surface area contributed by atoms with Crippen LogP contribution < -0.4 is 26.5 Å². The largest absolute Gasteiger partial charge is 0.362 e. The summed E-state index contributed by atoms with van der Waals surface area (Å²) in [5.41, 5.74) is 1.72. The van der Waals surface area contributed by atoms with Crippen LogP contribution in [-0.2, 0) is 4.79 Å². The highest BCUT2D eigenvalue weighted by atomic mass is 35.6. The van der Waals surface area contributed by atoms with Crippen molar-refractivity contribution in [2.24, 2.45) is 0 Å². The second-order valence-corrected chi connectivity index (χ2v) is 14.3. The Morgan fingerprint density at radius 3 is 1.55 bits per heavy atom. The van der Waals surface area contributed by atoms with Crippen molar-refractivity contribution in [3.05, 3.63) is 121 Å². The van der Waals surface area contributed by atoms with Crippen LogP contribution in [0.4, 0.5) is 5.69 Å². The van der Waals surface area contributed by atoms with E-state index in [0.717, 1.165) is 21.5 Å². The van der Waals surface area contributed by atoms with Crippen LogP contribution in [0.3, 0.4) is 0 Å². The van der Waals surface area contributed by atoms with E-state index in [1.807, 2.05) is 122 Å². The van der Waals surface area contributed by atoms with E-state index in [2.05, 4.69) is 16.7 Å². The monoisotopic (exact) mass is 579 g/mol. The Labute approximate surface area is 238 Å². The van der Waals surface area contributed by atoms with Gasteiger partial charge in [0.2, 0.25) is 3.79 Å². The number of carbonyl (C=O) groups is 1. The summed E-state index contributed by atoms with van der Waals surface area (Å²) in [6.45, 7) is -0.966. The molecular formula is C30H25Cl3N3OP. The van der Waals surface area contributed by atoms with Gasteiger partial charge in [0.25, 0.3) is 5.91 Å². The number of rotatable bonds is 7. The molecule has 0 aromatic heterocycles. The van der Waals surface area contributed by atoms with Crippen LogP contribution in [-0.4, -0.2) is 21.2 Å². The zero-order chi connectivity index (χ0) is 27.2. The third-order valence-electron chi connectivity index (χ3n) is 6.05. The molecule has 0 unspecified atom stereocenters. The molecule has 0 radical (unpaired) electrons. The van der Waals surface area contributed by atoms with E-state index in [4.69, 9.17) is 34.8 Å². The van der Waals surface area contributed by atoms with Crippen LogP contribution in [0.25, 0.3) is 0 Å². The Morgan fingerprint density at radius 1 is 0.763 bits per heavy atom. The molecule has 4 aromatic rings. The van der Waals surface area contributed by atoms with Gasteiger partial charge in [0.15, 0.2) is 0 Å². The van der Waals surface area contributed by atoms with Crippen molar-refractivity contribution in [3.63, 3.8) is 0 Å². The SMILES string of the molecule is Cc1ccc(N[C@@H](NC(=O)C(C#N)=P(c2ccccc2)(c2ccccc2)c2ccccc2)C(Cl)(Cl)Cl)cc1. The van der Waals surface area contributed by atoms with Crippen molar-refractivity contribution in [2.75, 3.05) is 5.32 Å². The summed E-state index contributed by atoms with van der Waals surface area (Å²) in [4.78, 5) is 14.1. The Hall–Kier alpha value is -3.19. The fourth-order valence-corrected chi connectivity index (χ4v) is 8.66. The molecule has 8 heteroatoms. The fourth-order valence-electron chi connectivity index (χ4n) is 4.28. The normalized spacial score (nSPS) is 12.2. The number of nitrogens with zero attached hydrogens (tertiary/aromatic N) is 1. The molecule has 1 atom stereocenters. The third kappa shape index (κ3) is 5.93. The second-order valence-electron chi connectivity index (χ2n) is 8.60. The molecular weight excluding hydrogens is 556 g/mol. The van der Waals surface area contributed by atoms with Crippen LogP contribution in [0.5, 0.6) is 0 Å². The van der Waals surface area contributed by atoms with E-state index >= 15 is 0 Å². The van der Waals surface area contributed by atoms with Crippen LogP contribution in [0.15, 0.2) is 115 Å². The number of benzene rings is 4. The van der Waals surface area contributed by atoms with Crippen LogP contribution in [0.1, 0.15) is 5.56 Å². The van der Waals surface area contributed by atoms with Gasteiger partial charge in [0.05, 0.1) is 0 Å².